The molecule has 2 aromatic rings. The first kappa shape index (κ1) is 29.0. The van der Waals surface area contributed by atoms with E-state index in [0.717, 1.165) is 26.4 Å². The Bertz CT molecular complexity index is 1280. The van der Waals surface area contributed by atoms with Crippen molar-refractivity contribution in [3.8, 4) is 11.5 Å². The molecule has 1 aliphatic rings. The molecule has 0 fully saturated rings. The summed E-state index contributed by atoms with van der Waals surface area (Å²) in [6.07, 6.45) is 2.66. The molecule has 0 saturated carbocycles. The smallest absolute Gasteiger partial charge is 0.411 e. The molecule has 0 bridgehead atoms. The number of phenols is 2. The van der Waals surface area contributed by atoms with E-state index in [4.69, 9.17) is 23.2 Å². The number of aromatic hydroxyl groups is 2. The first-order valence-corrected chi connectivity index (χ1v) is 11.6. The summed E-state index contributed by atoms with van der Waals surface area (Å²) < 4.78 is 8.62. The maximum absolute atomic E-state index is 12.9. The molecular formula is C23H23Cl2N6O8+. The van der Waals surface area contributed by atoms with Gasteiger partial charge in [0.1, 0.15) is 17.7 Å². The first-order chi connectivity index (χ1) is 18.4. The number of carbonyl (C=O) groups is 4. The van der Waals surface area contributed by atoms with Crippen molar-refractivity contribution in [2.75, 3.05) is 48.6 Å². The summed E-state index contributed by atoms with van der Waals surface area (Å²) in [5.74, 6) is -1.91. The predicted molar refractivity (Wildman–Crippen MR) is 143 cm³/mol. The Balaban J connectivity index is 1.69. The largest absolute Gasteiger partial charge is 0.506 e. The highest BCUT2D eigenvalue weighted by Gasteiger charge is 2.33. The van der Waals surface area contributed by atoms with Crippen LogP contribution in [0, 0.1) is 0 Å². The van der Waals surface area contributed by atoms with Gasteiger partial charge in [-0.05, 0) is 12.1 Å². The van der Waals surface area contributed by atoms with Gasteiger partial charge in [0.2, 0.25) is 0 Å². The highest BCUT2D eigenvalue weighted by atomic mass is 35.5. The lowest BCUT2D eigenvalue weighted by molar-refractivity contribution is -0.760. The number of nitrogens with zero attached hydrogens (tertiary/aromatic N) is 2. The van der Waals surface area contributed by atoms with Gasteiger partial charge in [0.25, 0.3) is 11.8 Å². The summed E-state index contributed by atoms with van der Waals surface area (Å²) in [5, 5.41) is 30.0. The monoisotopic (exact) mass is 581 g/mol. The van der Waals surface area contributed by atoms with Crippen LogP contribution in [0.4, 0.5) is 32.3 Å². The molecule has 2 aromatic carbocycles. The van der Waals surface area contributed by atoms with Crippen LogP contribution in [0.25, 0.3) is 0 Å². The normalized spacial score (nSPS) is 12.9. The second-order valence-electron chi connectivity index (χ2n) is 8.01. The lowest BCUT2D eigenvalue weighted by Crippen LogP contribution is -2.50. The van der Waals surface area contributed by atoms with Crippen LogP contribution in [0.5, 0.6) is 11.5 Å². The zero-order chi connectivity index (χ0) is 28.7. The maximum Gasteiger partial charge on any atom is 0.411 e. The van der Waals surface area contributed by atoms with E-state index in [1.165, 1.54) is 30.9 Å². The van der Waals surface area contributed by atoms with Crippen LogP contribution in [-0.4, -0.2) is 72.3 Å². The van der Waals surface area contributed by atoms with Crippen LogP contribution < -0.4 is 21.3 Å². The average molecular weight is 582 g/mol. The molecule has 0 unspecified atom stereocenters. The van der Waals surface area contributed by atoms with Crippen molar-refractivity contribution in [2.45, 2.75) is 0 Å². The van der Waals surface area contributed by atoms with Crippen LogP contribution in [-0.2, 0) is 19.1 Å². The Morgan fingerprint density at radius 1 is 0.769 bits per heavy atom. The number of methoxy groups -OCH3 is 2. The minimum Gasteiger partial charge on any atom is -0.506 e. The first-order valence-electron chi connectivity index (χ1n) is 10.9. The number of anilines is 4. The highest BCUT2D eigenvalue weighted by Crippen LogP contribution is 2.35. The van der Waals surface area contributed by atoms with Crippen molar-refractivity contribution in [3.05, 3.63) is 46.7 Å². The van der Waals surface area contributed by atoms with Gasteiger partial charge < -0.3 is 30.3 Å². The molecule has 6 N–H and O–H groups in total. The molecule has 0 aromatic heterocycles. The number of nitrogens with one attached hydrogen (secondary N) is 4. The predicted octanol–water partition coefficient (Wildman–Crippen LogP) is 3.67. The summed E-state index contributed by atoms with van der Waals surface area (Å²) in [7, 11) is 2.30. The molecule has 0 spiro atoms. The molecule has 4 amide bonds. The van der Waals surface area contributed by atoms with Crippen LogP contribution >= 0.6 is 23.2 Å². The van der Waals surface area contributed by atoms with E-state index in [2.05, 4.69) is 35.7 Å². The summed E-state index contributed by atoms with van der Waals surface area (Å²) in [4.78, 5) is 52.5. The van der Waals surface area contributed by atoms with E-state index < -0.39 is 24.0 Å². The number of hydrogen-bond donors (Lipinski definition) is 6. The molecule has 16 heteroatoms. The van der Waals surface area contributed by atoms with E-state index in [-0.39, 0.29) is 61.9 Å². The molecule has 0 atom stereocenters. The van der Waals surface area contributed by atoms with Gasteiger partial charge in [0.15, 0.2) is 19.4 Å². The number of phenolic OH excluding ortho intramolecular Hbond substituents is 2. The number of quaternary nitrogens is 1. The number of halogens is 2. The lowest BCUT2D eigenvalue weighted by atomic mass is 10.2. The molecule has 39 heavy (non-hydrogen) atoms. The topological polar surface area (TPSA) is 188 Å². The van der Waals surface area contributed by atoms with Gasteiger partial charge in [-0.15, -0.1) is 0 Å². The number of ether oxygens (including phenoxy) is 2. The maximum atomic E-state index is 12.9. The third kappa shape index (κ3) is 7.50. The van der Waals surface area contributed by atoms with Crippen molar-refractivity contribution in [1.82, 2.24) is 0 Å². The van der Waals surface area contributed by atoms with Gasteiger partial charge in [-0.3, -0.25) is 20.2 Å². The van der Waals surface area contributed by atoms with Gasteiger partial charge in [0.05, 0.1) is 53.2 Å². The third-order valence-electron chi connectivity index (χ3n) is 5.19. The van der Waals surface area contributed by atoms with E-state index in [1.54, 1.807) is 0 Å². The van der Waals surface area contributed by atoms with Crippen molar-refractivity contribution in [1.29, 1.82) is 0 Å². The van der Waals surface area contributed by atoms with Crippen LogP contribution in [0.3, 0.4) is 0 Å². The van der Waals surface area contributed by atoms with Crippen LogP contribution in [0.15, 0.2) is 41.7 Å². The highest BCUT2D eigenvalue weighted by molar-refractivity contribution is 6.34. The minimum absolute atomic E-state index is 0.0158. The molecule has 14 nitrogen and oxygen atoms in total. The molecule has 1 heterocycles. The molecule has 3 rings (SSSR count). The van der Waals surface area contributed by atoms with E-state index in [0.29, 0.717) is 0 Å². The molecular weight excluding hydrogens is 559 g/mol. The van der Waals surface area contributed by atoms with E-state index in [9.17, 15) is 29.4 Å². The number of aliphatic imine (C=N–C) groups is 1. The fourth-order valence-corrected chi connectivity index (χ4v) is 3.80. The molecule has 206 valence electrons. The van der Waals surface area contributed by atoms with Gasteiger partial charge in [-0.1, -0.05) is 23.2 Å². The minimum atomic E-state index is -0.826. The van der Waals surface area contributed by atoms with Gasteiger partial charge in [-0.2, -0.15) is 0 Å². The Labute approximate surface area is 231 Å². The summed E-state index contributed by atoms with van der Waals surface area (Å²) >= 11 is 12.4. The van der Waals surface area contributed by atoms with Gasteiger partial charge >= 0.3 is 12.2 Å². The van der Waals surface area contributed by atoms with E-state index >= 15 is 0 Å². The second kappa shape index (κ2) is 12.3. The summed E-state index contributed by atoms with van der Waals surface area (Å²) in [6.45, 7) is -0.568. The van der Waals surface area contributed by atoms with E-state index in [1.807, 2.05) is 0 Å². The van der Waals surface area contributed by atoms with Crippen molar-refractivity contribution >= 4 is 76.3 Å². The summed E-state index contributed by atoms with van der Waals surface area (Å²) in [6, 6.07) is 4.74. The quantitative estimate of drug-likeness (QED) is 0.201. The Morgan fingerprint density at radius 2 is 1.21 bits per heavy atom. The van der Waals surface area contributed by atoms with Crippen LogP contribution in [0.2, 0.25) is 10.0 Å². The number of amides is 4. The zero-order valence-corrected chi connectivity index (χ0v) is 22.0. The molecule has 1 aliphatic heterocycles. The fourth-order valence-electron chi connectivity index (χ4n) is 3.38. The number of benzene rings is 2. The molecule has 0 saturated heterocycles. The Morgan fingerprint density at radius 3 is 1.56 bits per heavy atom. The zero-order valence-electron chi connectivity index (χ0n) is 20.4. The average Bonchev–Trinajstić information content (AvgIpc) is 3.32. The fraction of sp³-hybridized carbons (Fsp3) is 0.174. The van der Waals surface area contributed by atoms with Crippen LogP contribution in [0.1, 0.15) is 0 Å². The number of carbonyl (C=O) groups excluding carboxylic acids is 4. The Hall–Kier alpha value is -4.53. The van der Waals surface area contributed by atoms with Crippen molar-refractivity contribution in [3.63, 3.8) is 0 Å². The standard InChI is InChI=1S/C23H22Cl2N6O8/c1-38-22(36)29-16-5-12(24)14(7-18(16)32)27-20(34)9-31(4-3-26-11-31)10-21(35)28-15-8-19(33)17(6-13(15)25)30-23(37)39-2/h3-8,11H,9-10H2,1-2H3,(H5-,27,28,29,30,32,33,34,35,36,37)/p+1. The molecule has 0 radical (unpaired) electrons. The van der Waals surface area contributed by atoms with Gasteiger partial charge in [-0.25, -0.2) is 19.1 Å². The number of hydrogen-bond acceptors (Lipinski definition) is 9. The SMILES string of the molecule is COC(=O)Nc1cc(Cl)c(NC(=O)C[N+]2(CC(=O)Nc3cc(O)c(NC(=O)OC)cc3Cl)C=CN=C2)cc1O. The van der Waals surface area contributed by atoms with Crippen molar-refractivity contribution < 1.29 is 43.3 Å². The Kier molecular flexibility index (Phi) is 9.19. The molecule has 0 aliphatic carbocycles. The van der Waals surface area contributed by atoms with Gasteiger partial charge in [0, 0.05) is 12.1 Å². The lowest BCUT2D eigenvalue weighted by Gasteiger charge is -2.26. The third-order valence-corrected chi connectivity index (χ3v) is 5.81. The van der Waals surface area contributed by atoms with Crippen molar-refractivity contribution in [2.24, 2.45) is 4.99 Å². The summed E-state index contributed by atoms with van der Waals surface area (Å²) in [5.41, 5.74) is 0.0531. The number of rotatable bonds is 8. The second-order valence-corrected chi connectivity index (χ2v) is 8.82.